The van der Waals surface area contributed by atoms with E-state index in [0.717, 1.165) is 0 Å². The minimum atomic E-state index is -0.577. The molecule has 0 bridgehead atoms. The van der Waals surface area contributed by atoms with Crippen LogP contribution in [0.25, 0.3) is 0 Å². The standard InChI is InChI=1S/C10H18N4O3/c1-17-8(4-11)9(15)13-2-3-14-7(6-13)5-12-10(14)16/h7-8H,2-6,11H2,1H3,(H,12,16). The maximum absolute atomic E-state index is 12.0. The van der Waals surface area contributed by atoms with Crippen molar-refractivity contribution in [2.24, 2.45) is 5.73 Å². The molecule has 2 aliphatic rings. The first-order valence-electron chi connectivity index (χ1n) is 5.73. The van der Waals surface area contributed by atoms with Gasteiger partial charge >= 0.3 is 6.03 Å². The zero-order chi connectivity index (χ0) is 12.4. The third-order valence-corrected chi connectivity index (χ3v) is 3.32. The molecule has 2 rings (SSSR count). The molecule has 0 spiro atoms. The van der Waals surface area contributed by atoms with Crippen LogP contribution in [0, 0.1) is 0 Å². The fourth-order valence-electron chi connectivity index (χ4n) is 2.31. The fourth-order valence-corrected chi connectivity index (χ4v) is 2.31. The Morgan fingerprint density at radius 2 is 2.41 bits per heavy atom. The summed E-state index contributed by atoms with van der Waals surface area (Å²) in [6, 6.07) is 0.0414. The van der Waals surface area contributed by atoms with Crippen molar-refractivity contribution in [2.45, 2.75) is 12.1 Å². The molecule has 0 aromatic rings. The van der Waals surface area contributed by atoms with Crippen molar-refractivity contribution in [3.63, 3.8) is 0 Å². The van der Waals surface area contributed by atoms with Gasteiger partial charge in [0.25, 0.3) is 5.91 Å². The van der Waals surface area contributed by atoms with Crippen molar-refractivity contribution in [3.8, 4) is 0 Å². The van der Waals surface area contributed by atoms with E-state index in [1.165, 1.54) is 7.11 Å². The average molecular weight is 242 g/mol. The second-order valence-corrected chi connectivity index (χ2v) is 4.28. The van der Waals surface area contributed by atoms with Gasteiger partial charge in [-0.15, -0.1) is 0 Å². The zero-order valence-electron chi connectivity index (χ0n) is 9.89. The summed E-state index contributed by atoms with van der Waals surface area (Å²) in [7, 11) is 1.48. The molecule has 17 heavy (non-hydrogen) atoms. The van der Waals surface area contributed by atoms with Crippen LogP contribution in [0.1, 0.15) is 0 Å². The number of carbonyl (C=O) groups is 2. The third-order valence-electron chi connectivity index (χ3n) is 3.32. The number of nitrogens with one attached hydrogen (secondary N) is 1. The molecule has 0 saturated carbocycles. The first-order valence-corrected chi connectivity index (χ1v) is 5.73. The van der Waals surface area contributed by atoms with Crippen LogP contribution >= 0.6 is 0 Å². The van der Waals surface area contributed by atoms with Gasteiger partial charge in [-0.3, -0.25) is 4.79 Å². The molecule has 0 aromatic carbocycles. The quantitative estimate of drug-likeness (QED) is 0.611. The van der Waals surface area contributed by atoms with Crippen LogP contribution in [0.15, 0.2) is 0 Å². The summed E-state index contributed by atoms with van der Waals surface area (Å²) in [6.45, 7) is 2.45. The molecular formula is C10H18N4O3. The lowest BCUT2D eigenvalue weighted by Crippen LogP contribution is -2.56. The topological polar surface area (TPSA) is 87.9 Å². The van der Waals surface area contributed by atoms with Crippen molar-refractivity contribution in [1.82, 2.24) is 15.1 Å². The Hall–Kier alpha value is -1.34. The molecule has 3 N–H and O–H groups in total. The Labute approximate surface area is 99.9 Å². The maximum Gasteiger partial charge on any atom is 0.317 e. The van der Waals surface area contributed by atoms with E-state index in [-0.39, 0.29) is 24.5 Å². The van der Waals surface area contributed by atoms with Crippen LogP contribution in [0.3, 0.4) is 0 Å². The Morgan fingerprint density at radius 3 is 3.06 bits per heavy atom. The van der Waals surface area contributed by atoms with Crippen molar-refractivity contribution >= 4 is 11.9 Å². The van der Waals surface area contributed by atoms with Crippen molar-refractivity contribution in [1.29, 1.82) is 0 Å². The van der Waals surface area contributed by atoms with E-state index in [4.69, 9.17) is 10.5 Å². The van der Waals surface area contributed by atoms with Gasteiger partial charge in [0, 0.05) is 39.8 Å². The summed E-state index contributed by atoms with van der Waals surface area (Å²) in [5.74, 6) is -0.0889. The number of rotatable bonds is 3. The van der Waals surface area contributed by atoms with Gasteiger partial charge < -0.3 is 25.6 Å². The van der Waals surface area contributed by atoms with E-state index in [2.05, 4.69) is 5.32 Å². The van der Waals surface area contributed by atoms with Crippen molar-refractivity contribution in [3.05, 3.63) is 0 Å². The second kappa shape index (κ2) is 4.89. The largest absolute Gasteiger partial charge is 0.370 e. The molecule has 96 valence electrons. The monoisotopic (exact) mass is 242 g/mol. The second-order valence-electron chi connectivity index (χ2n) is 4.28. The molecule has 0 radical (unpaired) electrons. The summed E-state index contributed by atoms with van der Waals surface area (Å²) in [4.78, 5) is 26.9. The van der Waals surface area contributed by atoms with E-state index >= 15 is 0 Å². The summed E-state index contributed by atoms with van der Waals surface area (Å²) in [6.07, 6.45) is -0.577. The molecule has 3 amide bonds. The van der Waals surface area contributed by atoms with Gasteiger partial charge in [0.15, 0.2) is 0 Å². The minimum absolute atomic E-state index is 0.0378. The van der Waals surface area contributed by atoms with Crippen LogP contribution in [-0.2, 0) is 9.53 Å². The third kappa shape index (κ3) is 2.20. The lowest BCUT2D eigenvalue weighted by atomic mass is 10.1. The first kappa shape index (κ1) is 12.1. The average Bonchev–Trinajstić information content (AvgIpc) is 2.72. The summed E-state index contributed by atoms with van der Waals surface area (Å²) in [5.41, 5.74) is 5.47. The number of hydrogen-bond donors (Lipinski definition) is 2. The van der Waals surface area contributed by atoms with Gasteiger partial charge in [-0.05, 0) is 0 Å². The normalized spacial score (nSPS) is 25.5. The molecule has 7 heteroatoms. The summed E-state index contributed by atoms with van der Waals surface area (Å²) >= 11 is 0. The number of carbonyl (C=O) groups excluding carboxylic acids is 2. The van der Waals surface area contributed by atoms with Gasteiger partial charge in [-0.2, -0.15) is 0 Å². The van der Waals surface area contributed by atoms with Gasteiger partial charge in [0.1, 0.15) is 6.10 Å². The van der Waals surface area contributed by atoms with E-state index < -0.39 is 6.10 Å². The number of nitrogens with two attached hydrogens (primary N) is 1. The summed E-state index contributed by atoms with van der Waals surface area (Å²) < 4.78 is 5.03. The number of fused-ring (bicyclic) bond motifs is 1. The number of methoxy groups -OCH3 is 1. The molecule has 7 nitrogen and oxygen atoms in total. The van der Waals surface area contributed by atoms with Gasteiger partial charge in [-0.1, -0.05) is 0 Å². The van der Waals surface area contributed by atoms with E-state index in [1.807, 2.05) is 0 Å². The zero-order valence-corrected chi connectivity index (χ0v) is 9.89. The molecule has 2 heterocycles. The number of piperazine rings is 1. The maximum atomic E-state index is 12.0. The Kier molecular flexibility index (Phi) is 3.49. The predicted octanol–water partition coefficient (Wildman–Crippen LogP) is -1.80. The number of ether oxygens (including phenoxy) is 1. The Morgan fingerprint density at radius 1 is 1.65 bits per heavy atom. The van der Waals surface area contributed by atoms with Gasteiger partial charge in [0.05, 0.1) is 6.04 Å². The van der Waals surface area contributed by atoms with Crippen molar-refractivity contribution in [2.75, 3.05) is 39.8 Å². The highest BCUT2D eigenvalue weighted by Crippen LogP contribution is 2.15. The van der Waals surface area contributed by atoms with Crippen LogP contribution in [-0.4, -0.2) is 73.7 Å². The molecule has 2 saturated heterocycles. The smallest absolute Gasteiger partial charge is 0.317 e. The lowest BCUT2D eigenvalue weighted by Gasteiger charge is -2.37. The molecule has 2 fully saturated rings. The van der Waals surface area contributed by atoms with Gasteiger partial charge in [0.2, 0.25) is 0 Å². The molecular weight excluding hydrogens is 224 g/mol. The van der Waals surface area contributed by atoms with E-state index in [1.54, 1.807) is 9.80 Å². The Balaban J connectivity index is 1.97. The summed E-state index contributed by atoms with van der Waals surface area (Å²) in [5, 5.41) is 2.77. The molecule has 0 aromatic heterocycles. The molecule has 0 aliphatic carbocycles. The van der Waals surface area contributed by atoms with Crippen LogP contribution in [0.5, 0.6) is 0 Å². The number of urea groups is 1. The van der Waals surface area contributed by atoms with Crippen LogP contribution < -0.4 is 11.1 Å². The number of amides is 3. The van der Waals surface area contributed by atoms with Crippen LogP contribution in [0.4, 0.5) is 4.79 Å². The Bertz CT molecular complexity index is 319. The highest BCUT2D eigenvalue weighted by molar-refractivity contribution is 5.82. The minimum Gasteiger partial charge on any atom is -0.370 e. The van der Waals surface area contributed by atoms with Crippen molar-refractivity contribution < 1.29 is 14.3 Å². The molecule has 2 aliphatic heterocycles. The SMILES string of the molecule is COC(CN)C(=O)N1CCN2C(=O)NCC2C1. The van der Waals surface area contributed by atoms with Crippen LogP contribution in [0.2, 0.25) is 0 Å². The number of nitrogens with zero attached hydrogens (tertiary/aromatic N) is 2. The molecule has 2 unspecified atom stereocenters. The predicted molar refractivity (Wildman–Crippen MR) is 60.3 cm³/mol. The number of hydrogen-bond acceptors (Lipinski definition) is 4. The van der Waals surface area contributed by atoms with E-state index in [9.17, 15) is 9.59 Å². The highest BCUT2D eigenvalue weighted by Gasteiger charge is 2.38. The van der Waals surface area contributed by atoms with E-state index in [0.29, 0.717) is 26.2 Å². The first-order chi connectivity index (χ1) is 8.17. The highest BCUT2D eigenvalue weighted by atomic mass is 16.5. The lowest BCUT2D eigenvalue weighted by molar-refractivity contribution is -0.143. The fraction of sp³-hybridized carbons (Fsp3) is 0.800. The van der Waals surface area contributed by atoms with Gasteiger partial charge in [-0.25, -0.2) is 4.79 Å². The molecule has 2 atom stereocenters.